The first-order valence-electron chi connectivity index (χ1n) is 6.71. The Hall–Kier alpha value is -1.92. The molecule has 1 aromatic carbocycles. The third-order valence-corrected chi connectivity index (χ3v) is 3.57. The number of hydrogen-bond donors (Lipinski definition) is 2. The van der Waals surface area contributed by atoms with E-state index >= 15 is 0 Å². The lowest BCUT2D eigenvalue weighted by molar-refractivity contribution is 0.0930. The van der Waals surface area contributed by atoms with Gasteiger partial charge in [0.25, 0.3) is 5.91 Å². The van der Waals surface area contributed by atoms with E-state index in [1.165, 1.54) is 11.3 Å². The van der Waals surface area contributed by atoms with Crippen LogP contribution in [0.25, 0.3) is 0 Å². The molecular weight excluding hydrogens is 288 g/mol. The number of hydrogen-bond acceptors (Lipinski definition) is 5. The van der Waals surface area contributed by atoms with Crippen LogP contribution in [-0.2, 0) is 6.61 Å². The highest BCUT2D eigenvalue weighted by atomic mass is 32.1. The van der Waals surface area contributed by atoms with Crippen molar-refractivity contribution >= 4 is 17.2 Å². The number of amides is 1. The van der Waals surface area contributed by atoms with Crippen LogP contribution in [0.5, 0.6) is 5.75 Å². The number of carbonyl (C=O) groups is 1. The van der Waals surface area contributed by atoms with Gasteiger partial charge in [-0.2, -0.15) is 0 Å². The fraction of sp³-hybridized carbons (Fsp3) is 0.333. The molecule has 0 fully saturated rings. The third kappa shape index (κ3) is 4.54. The van der Waals surface area contributed by atoms with E-state index in [4.69, 9.17) is 9.84 Å². The lowest BCUT2D eigenvalue weighted by atomic mass is 10.1. The van der Waals surface area contributed by atoms with Crippen LogP contribution in [0.1, 0.15) is 29.4 Å². The van der Waals surface area contributed by atoms with Gasteiger partial charge in [-0.1, -0.05) is 12.1 Å². The Balaban J connectivity index is 2.03. The monoisotopic (exact) mass is 306 g/mol. The predicted octanol–water partition coefficient (Wildman–Crippen LogP) is 2.22. The number of ether oxygens (including phenoxy) is 1. The molecule has 1 aromatic heterocycles. The number of rotatable bonds is 7. The number of carbonyl (C=O) groups excluding carboxylic acids is 1. The summed E-state index contributed by atoms with van der Waals surface area (Å²) in [5.41, 5.74) is 3.06. The first-order valence-corrected chi connectivity index (χ1v) is 7.65. The zero-order valence-electron chi connectivity index (χ0n) is 11.8. The molecule has 6 heteroatoms. The quantitative estimate of drug-likeness (QED) is 0.823. The number of thiazole rings is 1. The van der Waals surface area contributed by atoms with Gasteiger partial charge in [-0.25, -0.2) is 4.98 Å². The molecule has 0 aliphatic carbocycles. The van der Waals surface area contributed by atoms with Gasteiger partial charge in [-0.05, 0) is 25.5 Å². The van der Waals surface area contributed by atoms with Gasteiger partial charge in [0.15, 0.2) is 0 Å². The number of nitrogens with one attached hydrogen (secondary N) is 1. The summed E-state index contributed by atoms with van der Waals surface area (Å²) >= 11 is 1.51. The van der Waals surface area contributed by atoms with Crippen LogP contribution in [0.2, 0.25) is 0 Å². The topological polar surface area (TPSA) is 71.5 Å². The summed E-state index contributed by atoms with van der Waals surface area (Å²) in [6.07, 6.45) is 0.521. The van der Waals surface area contributed by atoms with E-state index in [-0.39, 0.29) is 18.6 Å². The number of para-hydroxylation sites is 1. The fourth-order valence-electron chi connectivity index (χ4n) is 1.81. The molecule has 2 N–H and O–H groups in total. The molecule has 5 nitrogen and oxygen atoms in total. The van der Waals surface area contributed by atoms with Gasteiger partial charge in [-0.15, -0.1) is 11.3 Å². The van der Waals surface area contributed by atoms with E-state index < -0.39 is 0 Å². The van der Waals surface area contributed by atoms with Crippen LogP contribution >= 0.6 is 11.3 Å². The molecule has 0 radical (unpaired) electrons. The normalized spacial score (nSPS) is 11.9. The molecule has 1 unspecified atom stereocenters. The average molecular weight is 306 g/mol. The van der Waals surface area contributed by atoms with E-state index in [0.717, 1.165) is 5.69 Å². The molecule has 2 aromatic rings. The van der Waals surface area contributed by atoms with Crippen LogP contribution in [0.3, 0.4) is 0 Å². The molecule has 1 amide bonds. The molecule has 0 aliphatic rings. The van der Waals surface area contributed by atoms with E-state index in [1.54, 1.807) is 23.7 Å². The Kier molecular flexibility index (Phi) is 5.71. The van der Waals surface area contributed by atoms with Gasteiger partial charge in [-0.3, -0.25) is 4.79 Å². The van der Waals surface area contributed by atoms with Gasteiger partial charge in [0.1, 0.15) is 12.4 Å². The second-order valence-corrected chi connectivity index (χ2v) is 5.37. The number of nitrogens with zero attached hydrogens (tertiary/aromatic N) is 1. The molecule has 0 bridgehead atoms. The van der Waals surface area contributed by atoms with Crippen LogP contribution in [0.15, 0.2) is 35.2 Å². The Morgan fingerprint density at radius 3 is 3.00 bits per heavy atom. The first-order chi connectivity index (χ1) is 10.2. The van der Waals surface area contributed by atoms with Crippen molar-refractivity contribution in [1.29, 1.82) is 0 Å². The summed E-state index contributed by atoms with van der Waals surface area (Å²) in [6, 6.07) is 7.01. The molecular formula is C15H18N2O3S. The summed E-state index contributed by atoms with van der Waals surface area (Å²) in [5, 5.41) is 13.6. The average Bonchev–Trinajstić information content (AvgIpc) is 2.99. The maximum atomic E-state index is 12.2. The van der Waals surface area contributed by atoms with E-state index in [1.807, 2.05) is 18.4 Å². The lowest BCUT2D eigenvalue weighted by Gasteiger charge is -2.15. The van der Waals surface area contributed by atoms with Crippen molar-refractivity contribution in [2.45, 2.75) is 26.0 Å². The summed E-state index contributed by atoms with van der Waals surface area (Å²) < 4.78 is 5.68. The van der Waals surface area contributed by atoms with Crippen molar-refractivity contribution in [2.75, 3.05) is 6.61 Å². The SMILES string of the molecule is CC(CCO)NC(=O)c1ccccc1OCc1cscn1. The van der Waals surface area contributed by atoms with E-state index in [2.05, 4.69) is 10.3 Å². The van der Waals surface area contributed by atoms with Gasteiger partial charge >= 0.3 is 0 Å². The first kappa shape index (κ1) is 15.5. The molecule has 112 valence electrons. The second-order valence-electron chi connectivity index (χ2n) is 4.65. The number of aliphatic hydroxyl groups excluding tert-OH is 1. The van der Waals surface area contributed by atoms with Crippen molar-refractivity contribution < 1.29 is 14.6 Å². The third-order valence-electron chi connectivity index (χ3n) is 2.93. The predicted molar refractivity (Wildman–Crippen MR) is 81.5 cm³/mol. The minimum Gasteiger partial charge on any atom is -0.486 e. The number of benzene rings is 1. The second kappa shape index (κ2) is 7.75. The maximum absolute atomic E-state index is 12.2. The summed E-state index contributed by atoms with van der Waals surface area (Å²) in [7, 11) is 0. The molecule has 1 atom stereocenters. The van der Waals surface area contributed by atoms with Gasteiger partial charge < -0.3 is 15.2 Å². The van der Waals surface area contributed by atoms with Crippen molar-refractivity contribution in [3.8, 4) is 5.75 Å². The number of aromatic nitrogens is 1. The standard InChI is InChI=1S/C15H18N2O3S/c1-11(6-7-18)17-15(19)13-4-2-3-5-14(13)20-8-12-9-21-10-16-12/h2-5,9-11,18H,6-8H2,1H3,(H,17,19). The molecule has 0 aliphatic heterocycles. The van der Waals surface area contributed by atoms with Gasteiger partial charge in [0.05, 0.1) is 16.8 Å². The van der Waals surface area contributed by atoms with Crippen LogP contribution < -0.4 is 10.1 Å². The zero-order chi connectivity index (χ0) is 15.1. The van der Waals surface area contributed by atoms with Crippen molar-refractivity contribution in [1.82, 2.24) is 10.3 Å². The fourth-order valence-corrected chi connectivity index (χ4v) is 2.35. The van der Waals surface area contributed by atoms with Crippen LogP contribution in [0.4, 0.5) is 0 Å². The maximum Gasteiger partial charge on any atom is 0.255 e. The lowest BCUT2D eigenvalue weighted by Crippen LogP contribution is -2.33. The number of aliphatic hydroxyl groups is 1. The largest absolute Gasteiger partial charge is 0.486 e. The zero-order valence-corrected chi connectivity index (χ0v) is 12.6. The molecule has 21 heavy (non-hydrogen) atoms. The van der Waals surface area contributed by atoms with Gasteiger partial charge in [0.2, 0.25) is 0 Å². The Labute approximate surface area is 127 Å². The summed E-state index contributed by atoms with van der Waals surface area (Å²) in [4.78, 5) is 16.4. The molecule has 0 saturated carbocycles. The molecule has 0 spiro atoms. The highest BCUT2D eigenvalue weighted by molar-refractivity contribution is 7.07. The Morgan fingerprint density at radius 2 is 2.29 bits per heavy atom. The Bertz CT molecular complexity index is 572. The van der Waals surface area contributed by atoms with Gasteiger partial charge in [0, 0.05) is 18.0 Å². The summed E-state index contributed by atoms with van der Waals surface area (Å²) in [5.74, 6) is 0.323. The van der Waals surface area contributed by atoms with E-state index in [9.17, 15) is 4.79 Å². The van der Waals surface area contributed by atoms with E-state index in [0.29, 0.717) is 24.3 Å². The van der Waals surface area contributed by atoms with Crippen molar-refractivity contribution in [3.05, 3.63) is 46.4 Å². The van der Waals surface area contributed by atoms with Crippen LogP contribution in [0, 0.1) is 0 Å². The van der Waals surface area contributed by atoms with Crippen molar-refractivity contribution in [3.63, 3.8) is 0 Å². The van der Waals surface area contributed by atoms with Crippen molar-refractivity contribution in [2.24, 2.45) is 0 Å². The minimum absolute atomic E-state index is 0.0451. The smallest absolute Gasteiger partial charge is 0.255 e. The highest BCUT2D eigenvalue weighted by Crippen LogP contribution is 2.19. The molecule has 2 rings (SSSR count). The molecule has 0 saturated heterocycles. The molecule has 1 heterocycles. The highest BCUT2D eigenvalue weighted by Gasteiger charge is 2.14. The minimum atomic E-state index is -0.204. The van der Waals surface area contributed by atoms with Crippen LogP contribution in [-0.4, -0.2) is 28.6 Å². The summed E-state index contributed by atoms with van der Waals surface area (Å²) in [6.45, 7) is 2.23. The Morgan fingerprint density at radius 1 is 1.48 bits per heavy atom.